The molecular weight excluding hydrogens is 497 g/mol. The molecule has 36 heavy (non-hydrogen) atoms. The fraction of sp³-hybridized carbons (Fsp3) is 0.700. The molecule has 14 nitrogen and oxygen atoms in total. The van der Waals surface area contributed by atoms with Crippen LogP contribution in [0.4, 0.5) is 4.79 Å². The molecule has 0 aromatic heterocycles. The second-order valence-electron chi connectivity index (χ2n) is 8.84. The molecule has 0 aromatic carbocycles. The number of nitrogens with two attached hydrogens (primary N) is 1. The van der Waals surface area contributed by atoms with Crippen molar-refractivity contribution in [1.82, 2.24) is 10.1 Å². The summed E-state index contributed by atoms with van der Waals surface area (Å²) in [5.74, 6) is -2.40. The minimum atomic E-state index is -1.31. The quantitative estimate of drug-likeness (QED) is 0.191. The minimum Gasteiger partial charge on any atom is -0.463 e. The van der Waals surface area contributed by atoms with Gasteiger partial charge in [-0.15, -0.1) is 0 Å². The average molecular weight is 527 g/mol. The van der Waals surface area contributed by atoms with Gasteiger partial charge < -0.3 is 34.9 Å². The van der Waals surface area contributed by atoms with E-state index in [0.29, 0.717) is 0 Å². The zero-order valence-corrected chi connectivity index (χ0v) is 21.3. The molecule has 2 saturated heterocycles. The van der Waals surface area contributed by atoms with Crippen molar-refractivity contribution in [2.45, 2.75) is 76.5 Å². The lowest BCUT2D eigenvalue weighted by Gasteiger charge is -2.33. The van der Waals surface area contributed by atoms with Crippen molar-refractivity contribution in [1.29, 1.82) is 0 Å². The maximum Gasteiger partial charge on any atom is 0.374 e. The van der Waals surface area contributed by atoms with E-state index in [2.05, 4.69) is 15.2 Å². The number of aliphatic imine (C=N–C) groups is 2. The predicted molar refractivity (Wildman–Crippen MR) is 129 cm³/mol. The molecule has 0 bridgehead atoms. The van der Waals surface area contributed by atoms with Gasteiger partial charge in [-0.1, -0.05) is 25.6 Å². The minimum absolute atomic E-state index is 0.0444. The van der Waals surface area contributed by atoms with E-state index in [1.54, 1.807) is 13.8 Å². The number of thioether (sulfide) groups is 1. The first-order valence-electron chi connectivity index (χ1n) is 11.4. The number of nitrogens with zero attached hydrogens (tertiary/aromatic N) is 3. The molecule has 16 heteroatoms. The van der Waals surface area contributed by atoms with Crippen molar-refractivity contribution in [3.05, 3.63) is 0 Å². The maximum atomic E-state index is 13.2. The van der Waals surface area contributed by atoms with Gasteiger partial charge in [0.15, 0.2) is 18.4 Å². The monoisotopic (exact) mass is 527 g/mol. The van der Waals surface area contributed by atoms with Crippen LogP contribution >= 0.6 is 11.8 Å². The van der Waals surface area contributed by atoms with Crippen molar-refractivity contribution >= 4 is 54.1 Å². The van der Waals surface area contributed by atoms with E-state index in [9.17, 15) is 24.2 Å². The molecule has 2 fully saturated rings. The highest BCUT2D eigenvalue weighted by Gasteiger charge is 2.58. The van der Waals surface area contributed by atoms with Gasteiger partial charge in [-0.3, -0.25) is 24.1 Å². The molecule has 2 unspecified atom stereocenters. The molecule has 7 atom stereocenters. The second kappa shape index (κ2) is 11.6. The normalized spacial score (nSPS) is 30.0. The Kier molecular flexibility index (Phi) is 8.97. The molecule has 1 amide bonds. The molecule has 0 spiro atoms. The number of fused-ring (bicyclic) bond motifs is 1. The fourth-order valence-corrected chi connectivity index (χ4v) is 5.05. The van der Waals surface area contributed by atoms with Gasteiger partial charge in [0.2, 0.25) is 5.96 Å². The average Bonchev–Trinajstić information content (AvgIpc) is 3.25. The molecular formula is C20H30BN5O9S. The first kappa shape index (κ1) is 27.9. The number of guanidine groups is 1. The van der Waals surface area contributed by atoms with Crippen molar-refractivity contribution in [2.75, 3.05) is 6.61 Å². The Morgan fingerprint density at radius 2 is 1.97 bits per heavy atom. The van der Waals surface area contributed by atoms with E-state index in [1.807, 2.05) is 0 Å². The van der Waals surface area contributed by atoms with Crippen LogP contribution in [0.5, 0.6) is 0 Å². The van der Waals surface area contributed by atoms with Gasteiger partial charge in [0.1, 0.15) is 24.9 Å². The van der Waals surface area contributed by atoms with Crippen molar-refractivity contribution in [2.24, 2.45) is 21.6 Å². The van der Waals surface area contributed by atoms with E-state index in [4.69, 9.17) is 24.7 Å². The van der Waals surface area contributed by atoms with Crippen LogP contribution in [0.15, 0.2) is 9.98 Å². The lowest BCUT2D eigenvalue weighted by Crippen LogP contribution is -2.55. The van der Waals surface area contributed by atoms with Crippen molar-refractivity contribution in [3.63, 3.8) is 0 Å². The van der Waals surface area contributed by atoms with Crippen LogP contribution in [-0.2, 0) is 33.3 Å². The number of amides is 1. The van der Waals surface area contributed by atoms with Crippen LogP contribution < -0.4 is 11.0 Å². The van der Waals surface area contributed by atoms with Crippen LogP contribution in [0, 0.1) is 5.92 Å². The topological polar surface area (TPSA) is 191 Å². The van der Waals surface area contributed by atoms with Crippen molar-refractivity contribution < 1.29 is 43.1 Å². The number of carbonyl (C=O) groups excluding carboxylic acids is 4. The summed E-state index contributed by atoms with van der Waals surface area (Å²) in [6.45, 7) is 6.99. The summed E-state index contributed by atoms with van der Waals surface area (Å²) in [4.78, 5) is 59.1. The van der Waals surface area contributed by atoms with E-state index < -0.39 is 72.2 Å². The predicted octanol–water partition coefficient (Wildman–Crippen LogP) is -0.895. The van der Waals surface area contributed by atoms with Gasteiger partial charge in [-0.25, -0.2) is 9.98 Å². The van der Waals surface area contributed by atoms with E-state index in [1.165, 1.54) is 24.9 Å². The van der Waals surface area contributed by atoms with E-state index in [-0.39, 0.29) is 18.5 Å². The summed E-state index contributed by atoms with van der Waals surface area (Å²) in [6.07, 6.45) is -4.15. The number of hydrogen-bond acceptors (Lipinski definition) is 14. The van der Waals surface area contributed by atoms with Crippen LogP contribution in [0.1, 0.15) is 27.7 Å². The summed E-state index contributed by atoms with van der Waals surface area (Å²) in [5, 5.41) is 11.6. The molecule has 3 heterocycles. The van der Waals surface area contributed by atoms with Gasteiger partial charge in [0.25, 0.3) is 5.24 Å². The molecule has 0 radical (unpaired) electrons. The van der Waals surface area contributed by atoms with Crippen LogP contribution in [-0.4, -0.2) is 101 Å². The highest BCUT2D eigenvalue weighted by molar-refractivity contribution is 8.15. The largest absolute Gasteiger partial charge is 0.463 e. The Morgan fingerprint density at radius 3 is 2.56 bits per heavy atom. The molecule has 3 aliphatic rings. The number of rotatable bonds is 9. The summed E-state index contributed by atoms with van der Waals surface area (Å²) < 4.78 is 22.3. The molecule has 4 N–H and O–H groups in total. The zero-order valence-electron chi connectivity index (χ0n) is 20.5. The third-order valence-electron chi connectivity index (χ3n) is 5.55. The Bertz CT molecular complexity index is 949. The Morgan fingerprint density at radius 1 is 1.28 bits per heavy atom. The summed E-state index contributed by atoms with van der Waals surface area (Å²) in [5.41, 5.74) is 5.75. The summed E-state index contributed by atoms with van der Waals surface area (Å²) in [6, 6.07) is -0.928. The van der Waals surface area contributed by atoms with Gasteiger partial charge in [-0.2, -0.15) is 0 Å². The second-order valence-corrected chi connectivity index (χ2v) is 9.97. The standard InChI is InChI=1S/C20H30BN5O9S/c1-8(2)13(25-21(5)31)18(29)35-15-14(33-10(4)28)11(7-32-9(3)27)34-17(15)26-16-12(36-20(26)30)6-23-19(22)24-16/h6,8,11-17,25,31H,7H2,1-5H3,(H2,22,24)/t11-,12?,13+,14+,15-,16?,17-/m1/s1. The third-order valence-corrected chi connectivity index (χ3v) is 6.60. The number of esters is 3. The Labute approximate surface area is 212 Å². The molecule has 3 rings (SSSR count). The van der Waals surface area contributed by atoms with E-state index >= 15 is 0 Å². The smallest absolute Gasteiger partial charge is 0.374 e. The summed E-state index contributed by atoms with van der Waals surface area (Å²) in [7, 11) is -1.02. The number of ether oxygens (including phenoxy) is 4. The number of hydrogen-bond donors (Lipinski definition) is 3. The number of nitrogens with one attached hydrogen (secondary N) is 1. The highest BCUT2D eigenvalue weighted by Crippen LogP contribution is 2.40. The lowest BCUT2D eigenvalue weighted by atomic mass is 9.85. The molecule has 0 aliphatic carbocycles. The van der Waals surface area contributed by atoms with Crippen LogP contribution in [0.25, 0.3) is 0 Å². The lowest BCUT2D eigenvalue weighted by molar-refractivity contribution is -0.171. The van der Waals surface area contributed by atoms with Crippen molar-refractivity contribution in [3.8, 4) is 0 Å². The first-order valence-corrected chi connectivity index (χ1v) is 12.2. The SMILES string of the molecule is CB(O)N[C@H](C(=O)O[C@@H]1[C@@H](OC(C)=O)[C@@H](COC(C)=O)O[C@H]1N1C(=O)SC2C=NC(N)=NC21)C(C)C. The number of carbonyl (C=O) groups is 4. The van der Waals surface area contributed by atoms with Gasteiger partial charge in [0, 0.05) is 20.1 Å². The Hall–Kier alpha value is -2.69. The highest BCUT2D eigenvalue weighted by atomic mass is 32.2. The summed E-state index contributed by atoms with van der Waals surface area (Å²) >= 11 is 0.938. The maximum absolute atomic E-state index is 13.2. The molecule has 3 aliphatic heterocycles. The molecule has 0 aromatic rings. The first-order chi connectivity index (χ1) is 16.9. The molecule has 0 saturated carbocycles. The van der Waals surface area contributed by atoms with Gasteiger partial charge in [0.05, 0.1) is 5.25 Å². The zero-order chi connectivity index (χ0) is 26.7. The van der Waals surface area contributed by atoms with Gasteiger partial charge in [-0.05, 0) is 12.7 Å². The fourth-order valence-electron chi connectivity index (χ4n) is 4.05. The third kappa shape index (κ3) is 6.35. The van der Waals surface area contributed by atoms with E-state index in [0.717, 1.165) is 18.7 Å². The van der Waals surface area contributed by atoms with Crippen LogP contribution in [0.2, 0.25) is 6.82 Å². The van der Waals surface area contributed by atoms with Crippen LogP contribution in [0.3, 0.4) is 0 Å². The molecule has 198 valence electrons. The van der Waals surface area contributed by atoms with Gasteiger partial charge >= 0.3 is 25.0 Å². The Balaban J connectivity index is 1.97.